The molecule has 0 radical (unpaired) electrons. The van der Waals surface area contributed by atoms with Crippen molar-refractivity contribution in [3.8, 4) is 11.5 Å². The predicted molar refractivity (Wildman–Crippen MR) is 90.6 cm³/mol. The van der Waals surface area contributed by atoms with Crippen LogP contribution in [0.4, 0.5) is 0 Å². The zero-order valence-corrected chi connectivity index (χ0v) is 13.9. The molecule has 2 aliphatic heterocycles. The van der Waals surface area contributed by atoms with Gasteiger partial charge in [-0.15, -0.1) is 0 Å². The third-order valence-corrected chi connectivity index (χ3v) is 4.93. The SMILES string of the molecule is CC(c1ccc2c(c1)OCO2)N1CCN(C(=N)SC(N)=[NH2+])CC1. The zero-order chi connectivity index (χ0) is 16.4. The lowest BCUT2D eigenvalue weighted by molar-refractivity contribution is -0.109. The molecule has 23 heavy (non-hydrogen) atoms. The molecule has 0 bridgehead atoms. The Labute approximate surface area is 139 Å². The Bertz CT molecular complexity index is 616. The first-order chi connectivity index (χ1) is 11.0. The van der Waals surface area contributed by atoms with Crippen molar-refractivity contribution >= 4 is 22.1 Å². The molecule has 1 unspecified atom stereocenters. The zero-order valence-electron chi connectivity index (χ0n) is 13.1. The number of nitrogens with zero attached hydrogens (tertiary/aromatic N) is 2. The van der Waals surface area contributed by atoms with Gasteiger partial charge in [-0.1, -0.05) is 6.07 Å². The van der Waals surface area contributed by atoms with E-state index in [2.05, 4.69) is 24.0 Å². The third-order valence-electron chi connectivity index (χ3n) is 4.24. The Morgan fingerprint density at radius 3 is 2.65 bits per heavy atom. The minimum atomic E-state index is 0.214. The number of thioether (sulfide) groups is 1. The maximum Gasteiger partial charge on any atom is 0.307 e. The molecule has 1 saturated heterocycles. The van der Waals surface area contributed by atoms with E-state index in [1.807, 2.05) is 11.0 Å². The summed E-state index contributed by atoms with van der Waals surface area (Å²) in [6.45, 7) is 5.87. The van der Waals surface area contributed by atoms with Crippen LogP contribution in [-0.2, 0) is 0 Å². The van der Waals surface area contributed by atoms with E-state index in [1.54, 1.807) is 0 Å². The van der Waals surface area contributed by atoms with Crippen LogP contribution in [0.15, 0.2) is 18.2 Å². The molecule has 3 rings (SSSR count). The van der Waals surface area contributed by atoms with Crippen LogP contribution in [0.3, 0.4) is 0 Å². The van der Waals surface area contributed by atoms with Gasteiger partial charge in [-0.3, -0.25) is 21.5 Å². The van der Waals surface area contributed by atoms with Crippen molar-refractivity contribution in [2.24, 2.45) is 5.73 Å². The summed E-state index contributed by atoms with van der Waals surface area (Å²) in [5.74, 6) is 1.63. The fraction of sp³-hybridized carbons (Fsp3) is 0.467. The molecule has 0 aromatic heterocycles. The first-order valence-electron chi connectivity index (χ1n) is 7.57. The van der Waals surface area contributed by atoms with Gasteiger partial charge in [0.15, 0.2) is 16.7 Å². The Balaban J connectivity index is 1.59. The Morgan fingerprint density at radius 1 is 1.26 bits per heavy atom. The lowest BCUT2D eigenvalue weighted by Gasteiger charge is -2.38. The summed E-state index contributed by atoms with van der Waals surface area (Å²) in [6.07, 6.45) is 0. The molecular weight excluding hydrogens is 314 g/mol. The van der Waals surface area contributed by atoms with E-state index in [-0.39, 0.29) is 5.17 Å². The second-order valence-corrected chi connectivity index (χ2v) is 6.68. The maximum absolute atomic E-state index is 7.99. The Kier molecular flexibility index (Phi) is 4.63. The van der Waals surface area contributed by atoms with Gasteiger partial charge in [0.1, 0.15) is 0 Å². The van der Waals surface area contributed by atoms with Crippen molar-refractivity contribution in [2.45, 2.75) is 13.0 Å². The summed E-state index contributed by atoms with van der Waals surface area (Å²) in [5, 5.41) is 14.1. The highest BCUT2D eigenvalue weighted by Gasteiger charge is 2.25. The van der Waals surface area contributed by atoms with E-state index < -0.39 is 0 Å². The van der Waals surface area contributed by atoms with Gasteiger partial charge in [-0.2, -0.15) is 0 Å². The van der Waals surface area contributed by atoms with Crippen LogP contribution in [0.1, 0.15) is 18.5 Å². The van der Waals surface area contributed by atoms with Crippen molar-refractivity contribution in [1.82, 2.24) is 9.80 Å². The molecule has 2 heterocycles. The van der Waals surface area contributed by atoms with Crippen molar-refractivity contribution in [3.05, 3.63) is 23.8 Å². The summed E-state index contributed by atoms with van der Waals surface area (Å²) in [5.41, 5.74) is 6.67. The number of piperazine rings is 1. The van der Waals surface area contributed by atoms with Gasteiger partial charge in [0.2, 0.25) is 6.79 Å². The smallest absolute Gasteiger partial charge is 0.307 e. The van der Waals surface area contributed by atoms with Gasteiger partial charge in [0.05, 0.1) is 0 Å². The lowest BCUT2D eigenvalue weighted by Crippen LogP contribution is -2.50. The molecule has 0 saturated carbocycles. The normalized spacial score (nSPS) is 18.7. The van der Waals surface area contributed by atoms with E-state index in [9.17, 15) is 0 Å². The molecule has 7 nitrogen and oxygen atoms in total. The summed E-state index contributed by atoms with van der Waals surface area (Å²) in [6, 6.07) is 6.41. The molecule has 0 spiro atoms. The first-order valence-corrected chi connectivity index (χ1v) is 8.39. The quantitative estimate of drug-likeness (QED) is 0.512. The molecular formula is C15H22N5O2S+. The molecule has 1 fully saturated rings. The van der Waals surface area contributed by atoms with E-state index in [0.29, 0.717) is 18.0 Å². The fourth-order valence-corrected chi connectivity index (χ4v) is 3.41. The minimum absolute atomic E-state index is 0.214. The number of nitrogens with one attached hydrogen (secondary N) is 1. The molecule has 124 valence electrons. The van der Waals surface area contributed by atoms with Gasteiger partial charge in [0.25, 0.3) is 0 Å². The molecule has 1 aromatic rings. The molecule has 5 N–H and O–H groups in total. The van der Waals surface area contributed by atoms with Crippen LogP contribution >= 0.6 is 11.8 Å². The average molecular weight is 336 g/mol. The van der Waals surface area contributed by atoms with Gasteiger partial charge in [0, 0.05) is 44.0 Å². The fourth-order valence-electron chi connectivity index (χ4n) is 2.87. The highest BCUT2D eigenvalue weighted by atomic mass is 32.2. The Hall–Kier alpha value is -1.93. The van der Waals surface area contributed by atoms with Crippen molar-refractivity contribution in [1.29, 1.82) is 5.41 Å². The molecule has 1 atom stereocenters. The Morgan fingerprint density at radius 2 is 1.96 bits per heavy atom. The monoisotopic (exact) mass is 336 g/mol. The topological polar surface area (TPSA) is 100 Å². The number of hydrogen-bond donors (Lipinski definition) is 3. The summed E-state index contributed by atoms with van der Waals surface area (Å²) >= 11 is 1.11. The molecule has 8 heteroatoms. The predicted octanol–water partition coefficient (Wildman–Crippen LogP) is -0.164. The number of benzene rings is 1. The van der Waals surface area contributed by atoms with Crippen molar-refractivity contribution in [3.63, 3.8) is 0 Å². The minimum Gasteiger partial charge on any atom is -0.454 e. The van der Waals surface area contributed by atoms with Gasteiger partial charge in [-0.25, -0.2) is 0 Å². The van der Waals surface area contributed by atoms with Crippen LogP contribution in [0, 0.1) is 5.41 Å². The molecule has 1 aromatic carbocycles. The second kappa shape index (κ2) is 6.67. The maximum atomic E-state index is 7.99. The number of ether oxygens (including phenoxy) is 2. The van der Waals surface area contributed by atoms with Gasteiger partial charge < -0.3 is 14.4 Å². The van der Waals surface area contributed by atoms with E-state index in [0.717, 1.165) is 49.4 Å². The lowest BCUT2D eigenvalue weighted by atomic mass is 10.1. The average Bonchev–Trinajstić information content (AvgIpc) is 3.01. The summed E-state index contributed by atoms with van der Waals surface area (Å²) in [7, 11) is 0. The molecule has 2 aliphatic rings. The standard InChI is InChI=1S/C15H21N5O2S/c1-10(11-2-3-12-13(8-11)22-9-21-12)19-4-6-20(7-5-19)15(18)23-14(16)17/h2-3,8,10,18H,4-7,9H2,1H3,(H3,16,17)/p+1. The highest BCUT2D eigenvalue weighted by Crippen LogP contribution is 2.35. The van der Waals surface area contributed by atoms with Gasteiger partial charge in [-0.05, 0) is 24.6 Å². The summed E-state index contributed by atoms with van der Waals surface area (Å²) in [4.78, 5) is 4.41. The second-order valence-electron chi connectivity index (χ2n) is 5.62. The van der Waals surface area contributed by atoms with Crippen molar-refractivity contribution < 1.29 is 14.9 Å². The van der Waals surface area contributed by atoms with Crippen LogP contribution in [0.25, 0.3) is 0 Å². The van der Waals surface area contributed by atoms with Crippen LogP contribution < -0.4 is 20.6 Å². The van der Waals surface area contributed by atoms with Crippen LogP contribution in [0.2, 0.25) is 0 Å². The largest absolute Gasteiger partial charge is 0.454 e. The third kappa shape index (κ3) is 3.53. The van der Waals surface area contributed by atoms with Crippen LogP contribution in [0.5, 0.6) is 11.5 Å². The number of fused-ring (bicyclic) bond motifs is 1. The number of nitrogens with two attached hydrogens (primary N) is 2. The number of amidine groups is 2. The highest BCUT2D eigenvalue weighted by molar-refractivity contribution is 8.26. The number of hydrogen-bond acceptors (Lipinski definition) is 5. The van der Waals surface area contributed by atoms with Gasteiger partial charge >= 0.3 is 5.17 Å². The van der Waals surface area contributed by atoms with E-state index in [1.165, 1.54) is 5.56 Å². The number of rotatable bonds is 2. The van der Waals surface area contributed by atoms with Crippen LogP contribution in [-0.4, -0.2) is 53.1 Å². The molecule has 0 aliphatic carbocycles. The van der Waals surface area contributed by atoms with Crippen molar-refractivity contribution in [2.75, 3.05) is 33.0 Å². The molecule has 0 amide bonds. The van der Waals surface area contributed by atoms with E-state index >= 15 is 0 Å². The first kappa shape index (κ1) is 15.9. The van der Waals surface area contributed by atoms with E-state index in [4.69, 9.17) is 26.0 Å². The summed E-state index contributed by atoms with van der Waals surface area (Å²) < 4.78 is 10.8.